The zero-order valence-electron chi connectivity index (χ0n) is 14.0. The van der Waals surface area contributed by atoms with Crippen LogP contribution in [0.5, 0.6) is 0 Å². The van der Waals surface area contributed by atoms with Gasteiger partial charge in [-0.15, -0.1) is 5.10 Å². The summed E-state index contributed by atoms with van der Waals surface area (Å²) in [5.41, 5.74) is 1.40. The van der Waals surface area contributed by atoms with E-state index < -0.39 is 0 Å². The van der Waals surface area contributed by atoms with Gasteiger partial charge in [-0.3, -0.25) is 4.90 Å². The van der Waals surface area contributed by atoms with E-state index in [9.17, 15) is 0 Å². The maximum Gasteiger partial charge on any atom is 0.318 e. The van der Waals surface area contributed by atoms with Crippen molar-refractivity contribution in [1.29, 1.82) is 0 Å². The molecule has 2 aromatic rings. The van der Waals surface area contributed by atoms with E-state index in [0.717, 1.165) is 39.1 Å². The Hall–Kier alpha value is -1.92. The second-order valence-electron chi connectivity index (χ2n) is 6.28. The smallest absolute Gasteiger partial charge is 0.318 e. The van der Waals surface area contributed by atoms with Crippen LogP contribution >= 0.6 is 0 Å². The highest BCUT2D eigenvalue weighted by molar-refractivity contribution is 5.25. The molecule has 2 heterocycles. The fourth-order valence-corrected chi connectivity index (χ4v) is 2.80. The molecule has 1 aliphatic rings. The van der Waals surface area contributed by atoms with Crippen molar-refractivity contribution in [3.05, 3.63) is 41.8 Å². The van der Waals surface area contributed by atoms with Crippen molar-refractivity contribution >= 4 is 6.01 Å². The molecule has 1 saturated heterocycles. The lowest BCUT2D eigenvalue weighted by Gasteiger charge is -2.33. The Bertz CT molecular complexity index is 590. The molecule has 1 fully saturated rings. The topological polar surface area (TPSA) is 48.6 Å². The lowest BCUT2D eigenvalue weighted by atomic mass is 10.1. The molecule has 0 saturated carbocycles. The first kappa shape index (κ1) is 16.0. The SMILES string of the molecule is CN(C)Cc1nnc(N2CCN(CCc3ccccc3)CC2)o1. The van der Waals surface area contributed by atoms with Gasteiger partial charge in [-0.25, -0.2) is 0 Å². The molecule has 0 radical (unpaired) electrons. The van der Waals surface area contributed by atoms with Gasteiger partial charge < -0.3 is 14.2 Å². The Labute approximate surface area is 137 Å². The van der Waals surface area contributed by atoms with Crippen LogP contribution in [-0.2, 0) is 13.0 Å². The van der Waals surface area contributed by atoms with Gasteiger partial charge in [0.05, 0.1) is 6.54 Å². The summed E-state index contributed by atoms with van der Waals surface area (Å²) in [6.45, 7) is 5.75. The molecule has 1 aliphatic heterocycles. The summed E-state index contributed by atoms with van der Waals surface area (Å²) in [5.74, 6) is 0.677. The number of hydrogen-bond acceptors (Lipinski definition) is 6. The van der Waals surface area contributed by atoms with E-state index in [2.05, 4.69) is 50.3 Å². The minimum atomic E-state index is 0.657. The summed E-state index contributed by atoms with van der Waals surface area (Å²) >= 11 is 0. The Balaban J connectivity index is 1.45. The molecule has 0 aliphatic carbocycles. The standard InChI is InChI=1S/C17H25N5O/c1-20(2)14-16-18-19-17(23-16)22-12-10-21(11-13-22)9-8-15-6-4-3-5-7-15/h3-7H,8-14H2,1-2H3. The van der Waals surface area contributed by atoms with Crippen molar-refractivity contribution in [2.75, 3.05) is 51.7 Å². The molecule has 6 heteroatoms. The molecule has 0 bridgehead atoms. The fourth-order valence-electron chi connectivity index (χ4n) is 2.80. The second kappa shape index (κ2) is 7.57. The van der Waals surface area contributed by atoms with Crippen LogP contribution in [-0.4, -0.2) is 66.8 Å². The number of nitrogens with zero attached hydrogens (tertiary/aromatic N) is 5. The molecular formula is C17H25N5O. The second-order valence-corrected chi connectivity index (χ2v) is 6.28. The van der Waals surface area contributed by atoms with Gasteiger partial charge >= 0.3 is 6.01 Å². The summed E-state index contributed by atoms with van der Waals surface area (Å²) < 4.78 is 5.74. The van der Waals surface area contributed by atoms with Gasteiger partial charge in [-0.1, -0.05) is 35.4 Å². The molecule has 1 aromatic carbocycles. The number of rotatable bonds is 6. The van der Waals surface area contributed by atoms with Crippen LogP contribution in [0, 0.1) is 0 Å². The Morgan fingerprint density at radius 1 is 1.04 bits per heavy atom. The zero-order chi connectivity index (χ0) is 16.1. The van der Waals surface area contributed by atoms with Crippen LogP contribution in [0.25, 0.3) is 0 Å². The van der Waals surface area contributed by atoms with E-state index >= 15 is 0 Å². The van der Waals surface area contributed by atoms with Crippen LogP contribution in [0.1, 0.15) is 11.5 Å². The lowest BCUT2D eigenvalue weighted by molar-refractivity contribution is 0.254. The molecule has 124 valence electrons. The van der Waals surface area contributed by atoms with Gasteiger partial charge in [0.1, 0.15) is 0 Å². The molecule has 0 N–H and O–H groups in total. The van der Waals surface area contributed by atoms with Crippen LogP contribution in [0.15, 0.2) is 34.7 Å². The number of benzene rings is 1. The molecular weight excluding hydrogens is 290 g/mol. The highest BCUT2D eigenvalue weighted by atomic mass is 16.4. The van der Waals surface area contributed by atoms with Gasteiger partial charge in [0.15, 0.2) is 0 Å². The number of anilines is 1. The molecule has 6 nitrogen and oxygen atoms in total. The summed E-state index contributed by atoms with van der Waals surface area (Å²) in [6.07, 6.45) is 1.11. The van der Waals surface area contributed by atoms with Crippen molar-refractivity contribution in [3.63, 3.8) is 0 Å². The minimum absolute atomic E-state index is 0.657. The third-order valence-corrected chi connectivity index (χ3v) is 4.11. The minimum Gasteiger partial charge on any atom is -0.407 e. The maximum atomic E-state index is 5.74. The van der Waals surface area contributed by atoms with Crippen molar-refractivity contribution in [1.82, 2.24) is 20.0 Å². The van der Waals surface area contributed by atoms with Crippen LogP contribution in [0.3, 0.4) is 0 Å². The molecule has 0 spiro atoms. The normalized spacial score (nSPS) is 16.2. The first-order chi connectivity index (χ1) is 11.2. The zero-order valence-corrected chi connectivity index (χ0v) is 14.0. The first-order valence-corrected chi connectivity index (χ1v) is 8.19. The predicted molar refractivity (Wildman–Crippen MR) is 90.5 cm³/mol. The maximum absolute atomic E-state index is 5.74. The largest absolute Gasteiger partial charge is 0.407 e. The van der Waals surface area contributed by atoms with Crippen LogP contribution < -0.4 is 4.90 Å². The molecule has 3 rings (SSSR count). The lowest BCUT2D eigenvalue weighted by Crippen LogP contribution is -2.47. The first-order valence-electron chi connectivity index (χ1n) is 8.19. The Kier molecular flexibility index (Phi) is 5.25. The van der Waals surface area contributed by atoms with E-state index in [-0.39, 0.29) is 0 Å². The van der Waals surface area contributed by atoms with Gasteiger partial charge in [0, 0.05) is 32.7 Å². The van der Waals surface area contributed by atoms with Gasteiger partial charge in [-0.05, 0) is 26.1 Å². The number of piperazine rings is 1. The van der Waals surface area contributed by atoms with Gasteiger partial charge in [0.25, 0.3) is 0 Å². The Morgan fingerprint density at radius 2 is 1.78 bits per heavy atom. The average Bonchev–Trinajstić information content (AvgIpc) is 3.02. The fraction of sp³-hybridized carbons (Fsp3) is 0.529. The molecule has 0 amide bonds. The number of hydrogen-bond donors (Lipinski definition) is 0. The molecule has 23 heavy (non-hydrogen) atoms. The molecule has 0 unspecified atom stereocenters. The summed E-state index contributed by atoms with van der Waals surface area (Å²) in [5, 5.41) is 8.29. The van der Waals surface area contributed by atoms with Gasteiger partial charge in [0.2, 0.25) is 5.89 Å². The monoisotopic (exact) mass is 315 g/mol. The van der Waals surface area contributed by atoms with E-state index in [0.29, 0.717) is 18.5 Å². The van der Waals surface area contributed by atoms with E-state index in [1.165, 1.54) is 5.56 Å². The summed E-state index contributed by atoms with van der Waals surface area (Å²) in [6, 6.07) is 11.3. The third kappa shape index (κ3) is 4.53. The van der Waals surface area contributed by atoms with Crippen LogP contribution in [0.2, 0.25) is 0 Å². The summed E-state index contributed by atoms with van der Waals surface area (Å²) in [7, 11) is 3.99. The molecule has 0 atom stereocenters. The van der Waals surface area contributed by atoms with Crippen LogP contribution in [0.4, 0.5) is 6.01 Å². The van der Waals surface area contributed by atoms with E-state index in [1.54, 1.807) is 0 Å². The predicted octanol–water partition coefficient (Wildman–Crippen LogP) is 1.50. The highest BCUT2D eigenvalue weighted by Gasteiger charge is 2.21. The number of aromatic nitrogens is 2. The van der Waals surface area contributed by atoms with Crippen molar-refractivity contribution in [3.8, 4) is 0 Å². The van der Waals surface area contributed by atoms with E-state index in [4.69, 9.17) is 4.42 Å². The molecule has 1 aromatic heterocycles. The highest BCUT2D eigenvalue weighted by Crippen LogP contribution is 2.15. The van der Waals surface area contributed by atoms with Crippen molar-refractivity contribution < 1.29 is 4.42 Å². The van der Waals surface area contributed by atoms with Crippen molar-refractivity contribution in [2.45, 2.75) is 13.0 Å². The quantitative estimate of drug-likeness (QED) is 0.805. The van der Waals surface area contributed by atoms with E-state index in [1.807, 2.05) is 19.0 Å². The van der Waals surface area contributed by atoms with Gasteiger partial charge in [-0.2, -0.15) is 0 Å². The Morgan fingerprint density at radius 3 is 2.48 bits per heavy atom. The summed E-state index contributed by atoms with van der Waals surface area (Å²) in [4.78, 5) is 6.71. The van der Waals surface area contributed by atoms with Crippen molar-refractivity contribution in [2.24, 2.45) is 0 Å². The third-order valence-electron chi connectivity index (χ3n) is 4.11. The average molecular weight is 315 g/mol.